The van der Waals surface area contributed by atoms with Gasteiger partial charge in [0.2, 0.25) is 0 Å². The molecule has 11 nitrogen and oxygen atoms in total. The van der Waals surface area contributed by atoms with Gasteiger partial charge in [-0.15, -0.1) is 0 Å². The third kappa shape index (κ3) is 5.75. The van der Waals surface area contributed by atoms with Crippen molar-refractivity contribution in [2.75, 3.05) is 18.6 Å². The van der Waals surface area contributed by atoms with Gasteiger partial charge < -0.3 is 18.9 Å². The maximum atomic E-state index is 13.6. The Kier molecular flexibility index (Phi) is 7.44. The predicted octanol–water partition coefficient (Wildman–Crippen LogP) is 1.34. The van der Waals surface area contributed by atoms with Crippen LogP contribution in [-0.2, 0) is 23.8 Å². The molecule has 176 valence electrons. The first-order chi connectivity index (χ1) is 15.7. The quantitative estimate of drug-likeness (QED) is 0.608. The van der Waals surface area contributed by atoms with Gasteiger partial charge in [0.1, 0.15) is 24.3 Å². The molecule has 2 heterocycles. The minimum Gasteiger partial charge on any atom is -0.497 e. The lowest BCUT2D eigenvalue weighted by Gasteiger charge is -2.32. The second-order valence-electron chi connectivity index (χ2n) is 7.46. The average molecular weight is 459 g/mol. The van der Waals surface area contributed by atoms with E-state index in [1.165, 1.54) is 32.1 Å². The van der Waals surface area contributed by atoms with Crippen molar-refractivity contribution in [3.63, 3.8) is 0 Å². The highest BCUT2D eigenvalue weighted by atomic mass is 16.6. The minimum absolute atomic E-state index is 0.0833. The van der Waals surface area contributed by atoms with Gasteiger partial charge in [-0.1, -0.05) is 0 Å². The van der Waals surface area contributed by atoms with E-state index in [1.54, 1.807) is 31.2 Å². The van der Waals surface area contributed by atoms with E-state index in [9.17, 15) is 19.2 Å². The molecule has 0 radical (unpaired) electrons. The number of amides is 1. The van der Waals surface area contributed by atoms with Crippen molar-refractivity contribution in [3.05, 3.63) is 52.1 Å². The van der Waals surface area contributed by atoms with E-state index < -0.39 is 42.0 Å². The average Bonchev–Trinajstić information content (AvgIpc) is 3.16. The molecule has 0 spiro atoms. The largest absolute Gasteiger partial charge is 0.497 e. The number of carbonyl (C=O) groups is 3. The molecule has 0 saturated carbocycles. The van der Waals surface area contributed by atoms with E-state index in [-0.39, 0.29) is 24.4 Å². The van der Waals surface area contributed by atoms with E-state index in [0.717, 1.165) is 0 Å². The van der Waals surface area contributed by atoms with Crippen molar-refractivity contribution in [2.24, 2.45) is 0 Å². The summed E-state index contributed by atoms with van der Waals surface area (Å²) in [6, 6.07) is 6.37. The summed E-state index contributed by atoms with van der Waals surface area (Å²) in [5.74, 6) is -0.878. The van der Waals surface area contributed by atoms with Gasteiger partial charge in [0.25, 0.3) is 5.91 Å². The number of aryl methyl sites for hydroxylation is 1. The number of carbonyl (C=O) groups excluding carboxylic acids is 3. The number of benzene rings is 1. The fourth-order valence-electron chi connectivity index (χ4n) is 3.50. The maximum Gasteiger partial charge on any atom is 0.346 e. The molecule has 1 N–H and O–H groups in total. The van der Waals surface area contributed by atoms with Crippen LogP contribution < -0.4 is 15.3 Å². The zero-order chi connectivity index (χ0) is 24.1. The van der Waals surface area contributed by atoms with Crippen molar-refractivity contribution in [1.82, 2.24) is 9.97 Å². The number of ether oxygens (including phenoxy) is 4. The molecule has 0 unspecified atom stereocenters. The Hall–Kier alpha value is -3.73. The molecule has 0 aliphatic carbocycles. The number of aromatic nitrogens is 2. The van der Waals surface area contributed by atoms with Crippen molar-refractivity contribution < 1.29 is 33.3 Å². The summed E-state index contributed by atoms with van der Waals surface area (Å²) in [4.78, 5) is 56.1. The monoisotopic (exact) mass is 459 g/mol. The fourth-order valence-corrected chi connectivity index (χ4v) is 3.50. The van der Waals surface area contributed by atoms with Gasteiger partial charge in [0.05, 0.1) is 13.2 Å². The van der Waals surface area contributed by atoms with Gasteiger partial charge >= 0.3 is 17.6 Å². The number of methoxy groups -OCH3 is 1. The van der Waals surface area contributed by atoms with Crippen LogP contribution in [-0.4, -0.2) is 60.0 Å². The van der Waals surface area contributed by atoms with Crippen LogP contribution in [0.1, 0.15) is 36.2 Å². The Balaban J connectivity index is 2.04. The molecule has 1 aromatic heterocycles. The van der Waals surface area contributed by atoms with E-state index >= 15 is 0 Å². The molecule has 1 amide bonds. The van der Waals surface area contributed by atoms with Crippen LogP contribution in [0.3, 0.4) is 0 Å². The number of H-pyrrole nitrogens is 1. The first-order valence-electron chi connectivity index (χ1n) is 10.2. The molecular weight excluding hydrogens is 434 g/mol. The van der Waals surface area contributed by atoms with E-state index in [2.05, 4.69) is 9.97 Å². The first-order valence-corrected chi connectivity index (χ1v) is 10.2. The first kappa shape index (κ1) is 23.9. The van der Waals surface area contributed by atoms with Gasteiger partial charge in [-0.3, -0.25) is 24.3 Å². The number of hydrogen-bond donors (Lipinski definition) is 1. The Morgan fingerprint density at radius 3 is 2.48 bits per heavy atom. The summed E-state index contributed by atoms with van der Waals surface area (Å²) in [7, 11) is 1.51. The van der Waals surface area contributed by atoms with Gasteiger partial charge in [-0.25, -0.2) is 9.78 Å². The third-order valence-corrected chi connectivity index (χ3v) is 4.96. The molecule has 0 bridgehead atoms. The zero-order valence-electron chi connectivity index (χ0n) is 18.7. The van der Waals surface area contributed by atoms with Crippen LogP contribution in [0.2, 0.25) is 0 Å². The zero-order valence-corrected chi connectivity index (χ0v) is 18.7. The molecule has 1 fully saturated rings. The number of hydrogen-bond acceptors (Lipinski definition) is 9. The minimum atomic E-state index is -1.10. The SMILES string of the molecule is COc1ccc(C(=O)N(c2[nH]c(=O)ncc2C)[C@@H]2O[C@H](COC(C)=O)C[C@H]2OC(C)=O)cc1. The standard InChI is InChI=1S/C22H25N3O8/c1-12-10-23-22(29)24-19(12)25(20(28)15-5-7-16(30-4)8-6-15)21-18(32-14(3)27)9-17(33-21)11-31-13(2)26/h5-8,10,17-18,21H,9,11H2,1-4H3,(H,23,24,29)/t17-,18+,21+/m0/s1. The molecule has 2 aromatic rings. The summed E-state index contributed by atoms with van der Waals surface area (Å²) < 4.78 is 21.6. The van der Waals surface area contributed by atoms with Crippen molar-refractivity contribution in [1.29, 1.82) is 0 Å². The number of nitrogens with one attached hydrogen (secondary N) is 1. The van der Waals surface area contributed by atoms with Crippen LogP contribution in [0.4, 0.5) is 5.82 Å². The Morgan fingerprint density at radius 1 is 1.18 bits per heavy atom. The summed E-state index contributed by atoms with van der Waals surface area (Å²) in [6.07, 6.45) is -1.10. The molecule has 3 rings (SSSR count). The molecule has 1 aromatic carbocycles. The molecule has 1 saturated heterocycles. The van der Waals surface area contributed by atoms with Crippen LogP contribution >= 0.6 is 0 Å². The number of rotatable bonds is 7. The van der Waals surface area contributed by atoms with Gasteiger partial charge in [0.15, 0.2) is 6.23 Å². The molecule has 1 aliphatic rings. The van der Waals surface area contributed by atoms with Crippen molar-refractivity contribution in [3.8, 4) is 5.75 Å². The smallest absolute Gasteiger partial charge is 0.346 e. The highest BCUT2D eigenvalue weighted by Crippen LogP contribution is 2.32. The fraction of sp³-hybridized carbons (Fsp3) is 0.409. The second-order valence-corrected chi connectivity index (χ2v) is 7.46. The maximum absolute atomic E-state index is 13.6. The van der Waals surface area contributed by atoms with Crippen LogP contribution in [0.15, 0.2) is 35.3 Å². The highest BCUT2D eigenvalue weighted by molar-refractivity contribution is 6.06. The number of nitrogens with zero attached hydrogens (tertiary/aromatic N) is 2. The Morgan fingerprint density at radius 2 is 1.88 bits per heavy atom. The van der Waals surface area contributed by atoms with E-state index in [1.807, 2.05) is 0 Å². The molecule has 11 heteroatoms. The van der Waals surface area contributed by atoms with Gasteiger partial charge in [-0.2, -0.15) is 0 Å². The molecule has 3 atom stereocenters. The second kappa shape index (κ2) is 10.3. The lowest BCUT2D eigenvalue weighted by Crippen LogP contribution is -2.48. The van der Waals surface area contributed by atoms with Crippen LogP contribution in [0.5, 0.6) is 5.75 Å². The number of anilines is 1. The lowest BCUT2D eigenvalue weighted by molar-refractivity contribution is -0.149. The van der Waals surface area contributed by atoms with Crippen LogP contribution in [0.25, 0.3) is 0 Å². The summed E-state index contributed by atoms with van der Waals surface area (Å²) in [5.41, 5.74) is 0.105. The van der Waals surface area contributed by atoms with Gasteiger partial charge in [-0.05, 0) is 31.2 Å². The van der Waals surface area contributed by atoms with Crippen LogP contribution in [0, 0.1) is 6.92 Å². The summed E-state index contributed by atoms with van der Waals surface area (Å²) in [5, 5.41) is 0. The Bertz CT molecular complexity index is 1080. The lowest BCUT2D eigenvalue weighted by atomic mass is 10.1. The third-order valence-electron chi connectivity index (χ3n) is 4.96. The molecular formula is C22H25N3O8. The van der Waals surface area contributed by atoms with E-state index in [4.69, 9.17) is 18.9 Å². The normalized spacial score (nSPS) is 19.6. The topological polar surface area (TPSA) is 137 Å². The predicted molar refractivity (Wildman–Crippen MR) is 115 cm³/mol. The summed E-state index contributed by atoms with van der Waals surface area (Å²) in [6.45, 7) is 4.09. The Labute approximate surface area is 189 Å². The number of aromatic amines is 1. The molecule has 33 heavy (non-hydrogen) atoms. The van der Waals surface area contributed by atoms with Crippen molar-refractivity contribution >= 4 is 23.7 Å². The highest BCUT2D eigenvalue weighted by Gasteiger charge is 2.45. The van der Waals surface area contributed by atoms with Gasteiger partial charge in [0, 0.05) is 37.6 Å². The molecule has 1 aliphatic heterocycles. The summed E-state index contributed by atoms with van der Waals surface area (Å²) >= 11 is 0. The number of esters is 2. The van der Waals surface area contributed by atoms with E-state index in [0.29, 0.717) is 11.3 Å². The van der Waals surface area contributed by atoms with Crippen molar-refractivity contribution in [2.45, 2.75) is 45.6 Å².